The second-order valence-corrected chi connectivity index (χ2v) is 2.68. The molecule has 2 N–H and O–H groups in total. The second-order valence-electron chi connectivity index (χ2n) is 2.68. The third-order valence-electron chi connectivity index (χ3n) is 1.88. The number of halogens is 2. The fraction of sp³-hybridized carbons (Fsp3) is 0.429. The van der Waals surface area contributed by atoms with Gasteiger partial charge in [-0.05, 0) is 0 Å². The van der Waals surface area contributed by atoms with Crippen LogP contribution in [0.4, 0.5) is 5.69 Å². The molecule has 0 unspecified atom stereocenters. The molecular formula is C7H12Cl2N4O. The van der Waals surface area contributed by atoms with E-state index in [1.807, 2.05) is 0 Å². The van der Waals surface area contributed by atoms with Crippen LogP contribution in [-0.2, 0) is 4.79 Å². The minimum Gasteiger partial charge on any atom is -0.307 e. The van der Waals surface area contributed by atoms with Crippen LogP contribution in [0.5, 0.6) is 0 Å². The highest BCUT2D eigenvalue weighted by Gasteiger charge is 2.19. The summed E-state index contributed by atoms with van der Waals surface area (Å²) in [7, 11) is 0. The Hall–Kier alpha value is -0.780. The number of nitrogens with one attached hydrogen (secondary N) is 2. The van der Waals surface area contributed by atoms with E-state index >= 15 is 0 Å². The van der Waals surface area contributed by atoms with Crippen LogP contribution in [0.3, 0.4) is 0 Å². The van der Waals surface area contributed by atoms with Gasteiger partial charge in [0.2, 0.25) is 5.91 Å². The molecule has 1 fully saturated rings. The number of rotatable bonds is 1. The van der Waals surface area contributed by atoms with Crippen LogP contribution in [-0.4, -0.2) is 35.7 Å². The summed E-state index contributed by atoms with van der Waals surface area (Å²) in [5, 5.41) is 9.48. The highest BCUT2D eigenvalue weighted by atomic mass is 35.5. The van der Waals surface area contributed by atoms with E-state index in [0.717, 1.165) is 18.8 Å². The van der Waals surface area contributed by atoms with Crippen LogP contribution in [0.2, 0.25) is 0 Å². The van der Waals surface area contributed by atoms with Gasteiger partial charge < -0.3 is 10.2 Å². The highest BCUT2D eigenvalue weighted by Crippen LogP contribution is 2.11. The first-order valence-corrected chi connectivity index (χ1v) is 3.88. The molecule has 1 aromatic heterocycles. The Morgan fingerprint density at radius 1 is 1.43 bits per heavy atom. The molecule has 0 atom stereocenters. The van der Waals surface area contributed by atoms with E-state index < -0.39 is 0 Å². The number of hydrogen-bond acceptors (Lipinski definition) is 3. The van der Waals surface area contributed by atoms with Gasteiger partial charge in [0, 0.05) is 19.3 Å². The molecule has 1 saturated heterocycles. The fourth-order valence-corrected chi connectivity index (χ4v) is 1.27. The molecule has 1 aliphatic heterocycles. The molecule has 0 aliphatic carbocycles. The standard InChI is InChI=1S/C7H10N4O.2ClH/c12-7-5-8-1-2-11(7)6-3-9-10-4-6;;/h3-4,8H,1-2,5H2,(H,9,10);2*1H. The molecule has 0 radical (unpaired) electrons. The number of amides is 1. The molecule has 5 nitrogen and oxygen atoms in total. The molecule has 0 bridgehead atoms. The Bertz CT molecular complexity index is 277. The largest absolute Gasteiger partial charge is 0.307 e. The van der Waals surface area contributed by atoms with Gasteiger partial charge in [-0.15, -0.1) is 24.8 Å². The number of carbonyl (C=O) groups excluding carboxylic acids is 1. The predicted molar refractivity (Wildman–Crippen MR) is 58.3 cm³/mol. The quantitative estimate of drug-likeness (QED) is 0.735. The van der Waals surface area contributed by atoms with Crippen molar-refractivity contribution in [2.75, 3.05) is 24.5 Å². The lowest BCUT2D eigenvalue weighted by Crippen LogP contribution is -2.48. The van der Waals surface area contributed by atoms with E-state index in [9.17, 15) is 4.79 Å². The van der Waals surface area contributed by atoms with Gasteiger partial charge in [-0.1, -0.05) is 0 Å². The fourth-order valence-electron chi connectivity index (χ4n) is 1.27. The molecule has 80 valence electrons. The lowest BCUT2D eigenvalue weighted by atomic mass is 10.3. The summed E-state index contributed by atoms with van der Waals surface area (Å²) in [5.74, 6) is 0.0997. The predicted octanol–water partition coefficient (Wildman–Crippen LogP) is 0.189. The van der Waals surface area contributed by atoms with E-state index in [0.29, 0.717) is 6.54 Å². The van der Waals surface area contributed by atoms with Crippen LogP contribution in [0.25, 0.3) is 0 Å². The van der Waals surface area contributed by atoms with Gasteiger partial charge in [0.1, 0.15) is 0 Å². The normalized spacial score (nSPS) is 15.7. The summed E-state index contributed by atoms with van der Waals surface area (Å²) in [6.45, 7) is 1.99. The Morgan fingerprint density at radius 3 is 2.79 bits per heavy atom. The van der Waals surface area contributed by atoms with Crippen LogP contribution in [0.15, 0.2) is 12.4 Å². The van der Waals surface area contributed by atoms with Crippen molar-refractivity contribution in [2.45, 2.75) is 0 Å². The summed E-state index contributed by atoms with van der Waals surface area (Å²) in [4.78, 5) is 13.0. The Kier molecular flexibility index (Phi) is 5.52. The molecule has 1 aromatic rings. The molecule has 2 rings (SSSR count). The second kappa shape index (κ2) is 5.85. The molecule has 14 heavy (non-hydrogen) atoms. The third-order valence-corrected chi connectivity index (χ3v) is 1.88. The number of hydrogen-bond donors (Lipinski definition) is 2. The number of carbonyl (C=O) groups is 1. The summed E-state index contributed by atoms with van der Waals surface area (Å²) in [6.07, 6.45) is 3.38. The van der Waals surface area contributed by atoms with E-state index in [-0.39, 0.29) is 30.7 Å². The first kappa shape index (κ1) is 13.2. The van der Waals surface area contributed by atoms with Crippen molar-refractivity contribution in [2.24, 2.45) is 0 Å². The van der Waals surface area contributed by atoms with E-state index in [4.69, 9.17) is 0 Å². The van der Waals surface area contributed by atoms with Crippen LogP contribution >= 0.6 is 24.8 Å². The van der Waals surface area contributed by atoms with Gasteiger partial charge in [-0.2, -0.15) is 5.10 Å². The molecule has 0 spiro atoms. The number of aromatic amines is 1. The van der Waals surface area contributed by atoms with Crippen LogP contribution in [0.1, 0.15) is 0 Å². The monoisotopic (exact) mass is 238 g/mol. The lowest BCUT2D eigenvalue weighted by Gasteiger charge is -2.25. The van der Waals surface area contributed by atoms with Crippen molar-refractivity contribution >= 4 is 36.4 Å². The SMILES string of the molecule is Cl.Cl.O=C1CNCCN1c1cn[nH]c1. The maximum Gasteiger partial charge on any atom is 0.241 e. The summed E-state index contributed by atoms with van der Waals surface area (Å²) in [6, 6.07) is 0. The van der Waals surface area contributed by atoms with Crippen molar-refractivity contribution in [3.8, 4) is 0 Å². The average Bonchev–Trinajstić information content (AvgIpc) is 2.57. The van der Waals surface area contributed by atoms with E-state index in [1.165, 1.54) is 0 Å². The van der Waals surface area contributed by atoms with E-state index in [1.54, 1.807) is 17.3 Å². The summed E-state index contributed by atoms with van der Waals surface area (Å²) < 4.78 is 0. The molecule has 7 heteroatoms. The van der Waals surface area contributed by atoms with Crippen LogP contribution in [0, 0.1) is 0 Å². The highest BCUT2D eigenvalue weighted by molar-refractivity contribution is 5.95. The first-order chi connectivity index (χ1) is 5.88. The van der Waals surface area contributed by atoms with Gasteiger partial charge in [-0.3, -0.25) is 9.89 Å². The number of nitrogens with zero attached hydrogens (tertiary/aromatic N) is 2. The van der Waals surface area contributed by atoms with Crippen molar-refractivity contribution in [1.82, 2.24) is 15.5 Å². The molecule has 0 aromatic carbocycles. The zero-order valence-electron chi connectivity index (χ0n) is 7.40. The summed E-state index contributed by atoms with van der Waals surface area (Å²) >= 11 is 0. The molecule has 2 heterocycles. The maximum atomic E-state index is 11.3. The number of H-pyrrole nitrogens is 1. The molecule has 0 saturated carbocycles. The zero-order valence-corrected chi connectivity index (χ0v) is 9.03. The van der Waals surface area contributed by atoms with Gasteiger partial charge >= 0.3 is 0 Å². The van der Waals surface area contributed by atoms with Crippen molar-refractivity contribution in [3.63, 3.8) is 0 Å². The Labute approximate surface area is 94.1 Å². The van der Waals surface area contributed by atoms with Gasteiger partial charge in [0.15, 0.2) is 0 Å². The molecule has 1 aliphatic rings. The van der Waals surface area contributed by atoms with E-state index in [2.05, 4.69) is 15.5 Å². The van der Waals surface area contributed by atoms with Gasteiger partial charge in [-0.25, -0.2) is 0 Å². The topological polar surface area (TPSA) is 61.0 Å². The van der Waals surface area contributed by atoms with Crippen molar-refractivity contribution in [3.05, 3.63) is 12.4 Å². The Balaban J connectivity index is 0.000000845. The number of piperazine rings is 1. The smallest absolute Gasteiger partial charge is 0.241 e. The maximum absolute atomic E-state index is 11.3. The van der Waals surface area contributed by atoms with Crippen molar-refractivity contribution in [1.29, 1.82) is 0 Å². The lowest BCUT2D eigenvalue weighted by molar-refractivity contribution is -0.118. The minimum absolute atomic E-state index is 0. The van der Waals surface area contributed by atoms with Crippen molar-refractivity contribution < 1.29 is 4.79 Å². The first-order valence-electron chi connectivity index (χ1n) is 3.88. The number of aromatic nitrogens is 2. The average molecular weight is 239 g/mol. The van der Waals surface area contributed by atoms with Crippen LogP contribution < -0.4 is 10.2 Å². The molecular weight excluding hydrogens is 227 g/mol. The molecule has 1 amide bonds. The Morgan fingerprint density at radius 2 is 2.21 bits per heavy atom. The van der Waals surface area contributed by atoms with Gasteiger partial charge in [0.25, 0.3) is 0 Å². The summed E-state index contributed by atoms with van der Waals surface area (Å²) in [5.41, 5.74) is 0.849. The number of anilines is 1. The minimum atomic E-state index is 0. The zero-order chi connectivity index (χ0) is 8.39. The third kappa shape index (κ3) is 2.60. The van der Waals surface area contributed by atoms with Gasteiger partial charge in [0.05, 0.1) is 18.4 Å².